The highest BCUT2D eigenvalue weighted by Crippen LogP contribution is 2.32. The summed E-state index contributed by atoms with van der Waals surface area (Å²) >= 11 is 0. The summed E-state index contributed by atoms with van der Waals surface area (Å²) < 4.78 is 21.0. The first-order chi connectivity index (χ1) is 11.1. The lowest BCUT2D eigenvalue weighted by atomic mass is 10.2. The molecule has 0 fully saturated rings. The van der Waals surface area contributed by atoms with Crippen LogP contribution in [0, 0.1) is 5.82 Å². The van der Waals surface area contributed by atoms with Crippen LogP contribution in [0.5, 0.6) is 0 Å². The summed E-state index contributed by atoms with van der Waals surface area (Å²) in [5, 5.41) is 1.13. The summed E-state index contributed by atoms with van der Waals surface area (Å²) in [4.78, 5) is 20.2. The zero-order valence-electron chi connectivity index (χ0n) is 12.8. The molecule has 0 aliphatic heterocycles. The molecule has 0 aliphatic rings. The fourth-order valence-electron chi connectivity index (χ4n) is 2.61. The van der Waals surface area contributed by atoms with Crippen LogP contribution in [-0.4, -0.2) is 27.1 Å². The van der Waals surface area contributed by atoms with Crippen molar-refractivity contribution in [3.63, 3.8) is 0 Å². The molecule has 0 spiro atoms. The number of para-hydroxylation sites is 1. The number of esters is 1. The van der Waals surface area contributed by atoms with E-state index in [2.05, 4.69) is 9.97 Å². The number of aromatic nitrogens is 3. The Kier molecular flexibility index (Phi) is 4.10. The fraction of sp³-hybridized carbons (Fsp3) is 0.312. The molecule has 120 valence electrons. The maximum atomic E-state index is 14.3. The van der Waals surface area contributed by atoms with Crippen molar-refractivity contribution in [2.24, 2.45) is 0 Å². The molecular weight excluding hydrogens is 299 g/mol. The predicted octanol–water partition coefficient (Wildman–Crippen LogP) is 2.65. The standard InChI is InChI=1S/C16H17FN4O2/c1-2-3-7-23-12(22)8-21-14-10(5-4-6-11(14)17)13-15(18)19-9-20-16(13)21/h4-6,9H,2-3,7-8H2,1H3,(H2,18,19,20). The molecule has 0 radical (unpaired) electrons. The van der Waals surface area contributed by atoms with Crippen LogP contribution in [0.1, 0.15) is 19.8 Å². The normalized spacial score (nSPS) is 11.2. The van der Waals surface area contributed by atoms with E-state index >= 15 is 0 Å². The van der Waals surface area contributed by atoms with E-state index in [1.54, 1.807) is 12.1 Å². The van der Waals surface area contributed by atoms with Gasteiger partial charge in [-0.05, 0) is 12.5 Å². The van der Waals surface area contributed by atoms with Crippen LogP contribution in [0.25, 0.3) is 21.9 Å². The van der Waals surface area contributed by atoms with Gasteiger partial charge in [0.15, 0.2) is 0 Å². The molecular formula is C16H17FN4O2. The SMILES string of the molecule is CCCCOC(=O)Cn1c2ncnc(N)c2c2cccc(F)c21. The van der Waals surface area contributed by atoms with E-state index in [0.717, 1.165) is 12.8 Å². The molecule has 6 nitrogen and oxygen atoms in total. The van der Waals surface area contributed by atoms with Crippen molar-refractivity contribution < 1.29 is 13.9 Å². The maximum absolute atomic E-state index is 14.3. The number of anilines is 1. The van der Waals surface area contributed by atoms with Gasteiger partial charge < -0.3 is 15.0 Å². The molecule has 0 bridgehead atoms. The molecule has 23 heavy (non-hydrogen) atoms. The molecule has 2 heterocycles. The van der Waals surface area contributed by atoms with Crippen molar-refractivity contribution in [2.75, 3.05) is 12.3 Å². The Bertz CT molecular complexity index is 875. The van der Waals surface area contributed by atoms with Gasteiger partial charge in [-0.25, -0.2) is 14.4 Å². The summed E-state index contributed by atoms with van der Waals surface area (Å²) in [6, 6.07) is 4.66. The maximum Gasteiger partial charge on any atom is 0.326 e. The molecule has 0 atom stereocenters. The Morgan fingerprint density at radius 2 is 2.22 bits per heavy atom. The van der Waals surface area contributed by atoms with E-state index in [9.17, 15) is 9.18 Å². The second-order valence-corrected chi connectivity index (χ2v) is 5.25. The molecule has 0 aliphatic carbocycles. The van der Waals surface area contributed by atoms with Crippen LogP contribution in [0.2, 0.25) is 0 Å². The molecule has 7 heteroatoms. The van der Waals surface area contributed by atoms with E-state index in [-0.39, 0.29) is 17.9 Å². The minimum atomic E-state index is -0.443. The van der Waals surface area contributed by atoms with Crippen molar-refractivity contribution in [1.82, 2.24) is 14.5 Å². The summed E-state index contributed by atoms with van der Waals surface area (Å²) in [6.45, 7) is 2.24. The number of halogens is 1. The van der Waals surface area contributed by atoms with E-state index in [4.69, 9.17) is 10.5 Å². The number of ether oxygens (including phenoxy) is 1. The number of rotatable bonds is 5. The van der Waals surface area contributed by atoms with Gasteiger partial charge in [0, 0.05) is 5.39 Å². The Labute approximate surface area is 132 Å². The number of nitrogens with two attached hydrogens (primary N) is 1. The minimum absolute atomic E-state index is 0.124. The lowest BCUT2D eigenvalue weighted by molar-refractivity contribution is -0.144. The van der Waals surface area contributed by atoms with Gasteiger partial charge in [-0.3, -0.25) is 4.79 Å². The van der Waals surface area contributed by atoms with E-state index in [1.165, 1.54) is 17.0 Å². The number of nitrogen functional groups attached to an aromatic ring is 1. The van der Waals surface area contributed by atoms with E-state index in [1.807, 2.05) is 6.92 Å². The first-order valence-electron chi connectivity index (χ1n) is 7.46. The molecule has 0 unspecified atom stereocenters. The quantitative estimate of drug-likeness (QED) is 0.578. The number of carbonyl (C=O) groups is 1. The zero-order valence-corrected chi connectivity index (χ0v) is 12.8. The Morgan fingerprint density at radius 3 is 3.00 bits per heavy atom. The molecule has 2 N–H and O–H groups in total. The lowest BCUT2D eigenvalue weighted by Gasteiger charge is -2.07. The van der Waals surface area contributed by atoms with Gasteiger partial charge in [-0.15, -0.1) is 0 Å². The second kappa shape index (κ2) is 6.20. The van der Waals surface area contributed by atoms with E-state index in [0.29, 0.717) is 23.0 Å². The van der Waals surface area contributed by atoms with Gasteiger partial charge >= 0.3 is 5.97 Å². The minimum Gasteiger partial charge on any atom is -0.464 e. The Morgan fingerprint density at radius 1 is 1.39 bits per heavy atom. The van der Waals surface area contributed by atoms with Crippen LogP contribution < -0.4 is 5.73 Å². The second-order valence-electron chi connectivity index (χ2n) is 5.25. The summed E-state index contributed by atoms with van der Waals surface area (Å²) in [6.07, 6.45) is 3.02. The summed E-state index contributed by atoms with van der Waals surface area (Å²) in [5.41, 5.74) is 6.61. The van der Waals surface area contributed by atoms with E-state index < -0.39 is 11.8 Å². The average molecular weight is 316 g/mol. The third kappa shape index (κ3) is 2.69. The molecule has 3 aromatic rings. The number of hydrogen-bond donors (Lipinski definition) is 1. The van der Waals surface area contributed by atoms with Gasteiger partial charge in [-0.2, -0.15) is 0 Å². The van der Waals surface area contributed by atoms with Gasteiger partial charge in [-0.1, -0.05) is 25.5 Å². The first-order valence-corrected chi connectivity index (χ1v) is 7.46. The Hall–Kier alpha value is -2.70. The third-order valence-electron chi connectivity index (χ3n) is 3.69. The number of hydrogen-bond acceptors (Lipinski definition) is 5. The van der Waals surface area contributed by atoms with Crippen LogP contribution in [0.15, 0.2) is 24.5 Å². The number of unbranched alkanes of at least 4 members (excludes halogenated alkanes) is 1. The summed E-state index contributed by atoms with van der Waals surface area (Å²) in [7, 11) is 0. The van der Waals surface area contributed by atoms with Crippen molar-refractivity contribution in [1.29, 1.82) is 0 Å². The smallest absolute Gasteiger partial charge is 0.326 e. The van der Waals surface area contributed by atoms with Gasteiger partial charge in [0.2, 0.25) is 0 Å². The lowest BCUT2D eigenvalue weighted by Crippen LogP contribution is -2.15. The van der Waals surface area contributed by atoms with Crippen molar-refractivity contribution in [3.05, 3.63) is 30.3 Å². The molecule has 1 aromatic carbocycles. The molecule has 3 rings (SSSR count). The van der Waals surface area contributed by atoms with Crippen molar-refractivity contribution in [3.8, 4) is 0 Å². The average Bonchev–Trinajstić information content (AvgIpc) is 2.84. The fourth-order valence-corrected chi connectivity index (χ4v) is 2.61. The van der Waals surface area contributed by atoms with Crippen molar-refractivity contribution >= 4 is 33.7 Å². The highest BCUT2D eigenvalue weighted by Gasteiger charge is 2.19. The van der Waals surface area contributed by atoms with Gasteiger partial charge in [0.1, 0.15) is 30.2 Å². The highest BCUT2D eigenvalue weighted by molar-refractivity contribution is 6.11. The highest BCUT2D eigenvalue weighted by atomic mass is 19.1. The van der Waals surface area contributed by atoms with Crippen LogP contribution >= 0.6 is 0 Å². The number of fused-ring (bicyclic) bond motifs is 3. The Balaban J connectivity index is 2.10. The number of nitrogens with zero attached hydrogens (tertiary/aromatic N) is 3. The topological polar surface area (TPSA) is 83.0 Å². The zero-order chi connectivity index (χ0) is 16.4. The molecule has 0 saturated carbocycles. The molecule has 0 amide bonds. The van der Waals surface area contributed by atoms with Crippen LogP contribution in [-0.2, 0) is 16.1 Å². The van der Waals surface area contributed by atoms with Gasteiger partial charge in [0.25, 0.3) is 0 Å². The number of benzene rings is 1. The summed E-state index contributed by atoms with van der Waals surface area (Å²) in [5.74, 6) is -0.623. The van der Waals surface area contributed by atoms with Crippen LogP contribution in [0.4, 0.5) is 10.2 Å². The molecule has 2 aromatic heterocycles. The first kappa shape index (κ1) is 15.2. The van der Waals surface area contributed by atoms with Gasteiger partial charge in [0.05, 0.1) is 17.5 Å². The number of carbonyl (C=O) groups excluding carboxylic acids is 1. The monoisotopic (exact) mass is 316 g/mol. The third-order valence-corrected chi connectivity index (χ3v) is 3.69. The van der Waals surface area contributed by atoms with Crippen molar-refractivity contribution in [2.45, 2.75) is 26.3 Å². The predicted molar refractivity (Wildman–Crippen MR) is 85.3 cm³/mol. The van der Waals surface area contributed by atoms with Crippen LogP contribution in [0.3, 0.4) is 0 Å². The molecule has 0 saturated heterocycles. The largest absolute Gasteiger partial charge is 0.464 e.